The van der Waals surface area contributed by atoms with Crippen molar-refractivity contribution in [1.82, 2.24) is 0 Å². The van der Waals surface area contributed by atoms with E-state index in [-0.39, 0.29) is 28.2 Å². The highest BCUT2D eigenvalue weighted by Gasteiger charge is 2.39. The van der Waals surface area contributed by atoms with Gasteiger partial charge in [-0.25, -0.2) is 4.79 Å². The van der Waals surface area contributed by atoms with Crippen molar-refractivity contribution in [2.75, 3.05) is 24.3 Å². The molecule has 2 heterocycles. The van der Waals surface area contributed by atoms with E-state index >= 15 is 0 Å². The first-order chi connectivity index (χ1) is 15.0. The van der Waals surface area contributed by atoms with Crippen LogP contribution in [-0.4, -0.2) is 42.5 Å². The third-order valence-corrected chi connectivity index (χ3v) is 9.80. The van der Waals surface area contributed by atoms with Crippen molar-refractivity contribution in [3.05, 3.63) is 15.8 Å². The molecule has 1 aromatic heterocycles. The summed E-state index contributed by atoms with van der Waals surface area (Å²) in [5.41, 5.74) is 0.228. The van der Waals surface area contributed by atoms with Gasteiger partial charge in [0.15, 0.2) is 0 Å². The minimum atomic E-state index is -2.65. The number of hydrogen-bond acceptors (Lipinski definition) is 5. The van der Waals surface area contributed by atoms with Crippen molar-refractivity contribution < 1.29 is 23.8 Å². The van der Waals surface area contributed by atoms with Crippen LogP contribution in [0.2, 0.25) is 0 Å². The van der Waals surface area contributed by atoms with E-state index in [4.69, 9.17) is 4.52 Å². The summed E-state index contributed by atoms with van der Waals surface area (Å²) >= 11 is 1.12. The number of rotatable bonds is 5. The molecule has 1 aliphatic carbocycles. The molecule has 1 aromatic rings. The van der Waals surface area contributed by atoms with Crippen LogP contribution in [0.1, 0.15) is 80.3 Å². The number of carbonyl (C=O) groups is 2. The van der Waals surface area contributed by atoms with Crippen LogP contribution in [0.15, 0.2) is 6.07 Å². The number of carboxylic acids is 1. The van der Waals surface area contributed by atoms with Crippen molar-refractivity contribution in [3.8, 4) is 11.8 Å². The molecule has 6 nitrogen and oxygen atoms in total. The average molecular weight is 480 g/mol. The number of thiophene rings is 1. The second-order valence-electron chi connectivity index (χ2n) is 9.85. The van der Waals surface area contributed by atoms with E-state index in [1.165, 1.54) is 7.11 Å². The summed E-state index contributed by atoms with van der Waals surface area (Å²) in [7, 11) is -1.17. The van der Waals surface area contributed by atoms with Gasteiger partial charge in [-0.1, -0.05) is 31.1 Å². The number of anilines is 1. The minimum absolute atomic E-state index is 0.000482. The van der Waals surface area contributed by atoms with Crippen LogP contribution in [0.5, 0.6) is 0 Å². The van der Waals surface area contributed by atoms with Gasteiger partial charge in [-0.05, 0) is 52.5 Å². The van der Waals surface area contributed by atoms with Crippen molar-refractivity contribution in [2.24, 2.45) is 11.3 Å². The molecule has 1 saturated heterocycles. The molecule has 32 heavy (non-hydrogen) atoms. The quantitative estimate of drug-likeness (QED) is 0.423. The molecule has 0 atom stereocenters. The Labute approximate surface area is 195 Å². The first-order valence-corrected chi connectivity index (χ1v) is 14.2. The zero-order chi connectivity index (χ0) is 23.5. The molecule has 2 aliphatic rings. The van der Waals surface area contributed by atoms with E-state index in [1.54, 1.807) is 11.0 Å². The van der Waals surface area contributed by atoms with Crippen LogP contribution in [0.4, 0.5) is 5.69 Å². The molecule has 0 spiro atoms. The predicted octanol–water partition coefficient (Wildman–Crippen LogP) is 5.84. The van der Waals surface area contributed by atoms with Crippen LogP contribution in [0, 0.1) is 23.2 Å². The Hall–Kier alpha value is -1.61. The molecule has 1 saturated carbocycles. The predicted molar refractivity (Wildman–Crippen MR) is 129 cm³/mol. The molecule has 176 valence electrons. The number of amides is 1. The zero-order valence-electron chi connectivity index (χ0n) is 19.5. The maximum atomic E-state index is 13.7. The fraction of sp³-hybridized carbons (Fsp3) is 0.667. The molecule has 3 rings (SSSR count). The van der Waals surface area contributed by atoms with E-state index in [0.29, 0.717) is 35.7 Å². The number of nitrogens with zero attached hydrogens (tertiary/aromatic N) is 1. The molecule has 0 aromatic carbocycles. The standard InChI is InChI=1S/C24H34NO5PS/c1-24(2,3)13-10-19-16-20(21(32-19)23(27)28)25(22(26)17-8-6-5-7-9-17)18-11-14-31(29,30-4)15-12-18/h16-18H,5-9,11-12,14-15H2,1-4H3,(H,27,28). The Balaban J connectivity index is 2.01. The molecule has 0 bridgehead atoms. The highest BCUT2D eigenvalue weighted by Crippen LogP contribution is 2.52. The second kappa shape index (κ2) is 10.1. The molecule has 1 aliphatic heterocycles. The van der Waals surface area contributed by atoms with Gasteiger partial charge in [-0.15, -0.1) is 11.3 Å². The number of hydrogen-bond donors (Lipinski definition) is 1. The first kappa shape index (κ1) is 25.0. The summed E-state index contributed by atoms with van der Waals surface area (Å²) in [6.07, 6.45) is 6.75. The maximum absolute atomic E-state index is 13.7. The van der Waals surface area contributed by atoms with E-state index in [1.807, 2.05) is 20.8 Å². The van der Waals surface area contributed by atoms with Gasteiger partial charge in [0, 0.05) is 36.8 Å². The lowest BCUT2D eigenvalue weighted by Gasteiger charge is -2.38. The molecular formula is C24H34NO5PS. The summed E-state index contributed by atoms with van der Waals surface area (Å²) < 4.78 is 18.0. The Morgan fingerprint density at radius 2 is 1.78 bits per heavy atom. The lowest BCUT2D eigenvalue weighted by Crippen LogP contribution is -2.46. The third-order valence-electron chi connectivity index (χ3n) is 6.22. The Kier molecular flexibility index (Phi) is 7.91. The fourth-order valence-electron chi connectivity index (χ4n) is 4.45. The van der Waals surface area contributed by atoms with E-state index in [9.17, 15) is 19.3 Å². The average Bonchev–Trinajstić information content (AvgIpc) is 3.18. The molecule has 8 heteroatoms. The van der Waals surface area contributed by atoms with E-state index in [0.717, 1.165) is 43.4 Å². The minimum Gasteiger partial charge on any atom is -0.477 e. The topological polar surface area (TPSA) is 83.9 Å². The normalized spacial score (nSPS) is 24.4. The number of carboxylic acid groups (broad SMARTS) is 1. The molecular weight excluding hydrogens is 445 g/mol. The van der Waals surface area contributed by atoms with Gasteiger partial charge in [0.05, 0.1) is 10.6 Å². The largest absolute Gasteiger partial charge is 0.477 e. The second-order valence-corrected chi connectivity index (χ2v) is 13.8. The van der Waals surface area contributed by atoms with Gasteiger partial charge in [0.1, 0.15) is 4.88 Å². The molecule has 2 fully saturated rings. The molecule has 1 amide bonds. The van der Waals surface area contributed by atoms with Crippen molar-refractivity contribution in [3.63, 3.8) is 0 Å². The van der Waals surface area contributed by atoms with E-state index < -0.39 is 13.3 Å². The molecule has 0 radical (unpaired) electrons. The van der Waals surface area contributed by atoms with Gasteiger partial charge in [-0.3, -0.25) is 9.36 Å². The van der Waals surface area contributed by atoms with Crippen molar-refractivity contribution in [2.45, 2.75) is 71.8 Å². The van der Waals surface area contributed by atoms with Gasteiger partial charge in [0.2, 0.25) is 13.3 Å². The third kappa shape index (κ3) is 6.04. The smallest absolute Gasteiger partial charge is 0.348 e. The van der Waals surface area contributed by atoms with Crippen LogP contribution >= 0.6 is 18.7 Å². The van der Waals surface area contributed by atoms with Crippen LogP contribution in [-0.2, 0) is 13.9 Å². The SMILES string of the molecule is COP1(=O)CCC(N(C(=O)C2CCCCC2)c2cc(C#CC(C)(C)C)sc2C(=O)O)CC1. The lowest BCUT2D eigenvalue weighted by atomic mass is 9.87. The Morgan fingerprint density at radius 3 is 2.31 bits per heavy atom. The Morgan fingerprint density at radius 1 is 1.16 bits per heavy atom. The summed E-state index contributed by atoms with van der Waals surface area (Å²) in [5.74, 6) is 5.12. The molecule has 1 N–H and O–H groups in total. The monoisotopic (exact) mass is 479 g/mol. The first-order valence-electron chi connectivity index (χ1n) is 11.4. The van der Waals surface area contributed by atoms with Crippen LogP contribution in [0.3, 0.4) is 0 Å². The highest BCUT2D eigenvalue weighted by atomic mass is 32.1. The summed E-state index contributed by atoms with van der Waals surface area (Å²) in [4.78, 5) is 28.4. The maximum Gasteiger partial charge on any atom is 0.348 e. The van der Waals surface area contributed by atoms with Gasteiger partial charge in [-0.2, -0.15) is 0 Å². The van der Waals surface area contributed by atoms with Crippen LogP contribution < -0.4 is 4.90 Å². The van der Waals surface area contributed by atoms with Gasteiger partial charge >= 0.3 is 5.97 Å². The molecule has 0 unspecified atom stereocenters. The summed E-state index contributed by atoms with van der Waals surface area (Å²) in [6.45, 7) is 6.00. The van der Waals surface area contributed by atoms with Gasteiger partial charge < -0.3 is 14.5 Å². The summed E-state index contributed by atoms with van der Waals surface area (Å²) in [6, 6.07) is 1.58. The zero-order valence-corrected chi connectivity index (χ0v) is 21.2. The highest BCUT2D eigenvalue weighted by molar-refractivity contribution is 7.59. The fourth-order valence-corrected chi connectivity index (χ4v) is 7.27. The number of aromatic carboxylic acids is 1. The lowest BCUT2D eigenvalue weighted by molar-refractivity contribution is -0.123. The number of carbonyl (C=O) groups excluding carboxylic acids is 1. The van der Waals surface area contributed by atoms with E-state index in [2.05, 4.69) is 11.8 Å². The van der Waals surface area contributed by atoms with Crippen molar-refractivity contribution in [1.29, 1.82) is 0 Å². The van der Waals surface area contributed by atoms with Crippen molar-refractivity contribution >= 4 is 36.3 Å². The summed E-state index contributed by atoms with van der Waals surface area (Å²) in [5, 5.41) is 9.93. The van der Waals surface area contributed by atoms with Crippen LogP contribution in [0.25, 0.3) is 0 Å². The Bertz CT molecular complexity index is 949. The van der Waals surface area contributed by atoms with Gasteiger partial charge in [0.25, 0.3) is 0 Å².